The number of nitrogens with zero attached hydrogens (tertiary/aromatic N) is 3. The summed E-state index contributed by atoms with van der Waals surface area (Å²) in [4.78, 5) is 5.77. The quantitative estimate of drug-likeness (QED) is 0.122. The van der Waals surface area contributed by atoms with E-state index in [0.717, 1.165) is 28.0 Å². The number of rotatable bonds is 15. The van der Waals surface area contributed by atoms with Crippen LogP contribution in [0.1, 0.15) is 27.8 Å². The molecule has 0 fully saturated rings. The molecule has 2 heterocycles. The summed E-state index contributed by atoms with van der Waals surface area (Å²) < 4.78 is 23.9. The molecule has 0 unspecified atom stereocenters. The molecule has 0 aliphatic carbocycles. The summed E-state index contributed by atoms with van der Waals surface area (Å²) in [6, 6.07) is 19.0. The average molecular weight is 706 g/mol. The third-order valence-electron chi connectivity index (χ3n) is 8.38. The molecule has 1 aliphatic rings. The highest BCUT2D eigenvalue weighted by Gasteiger charge is 2.31. The van der Waals surface area contributed by atoms with Gasteiger partial charge in [0.25, 0.3) is 0 Å². The van der Waals surface area contributed by atoms with Gasteiger partial charge in [0, 0.05) is 42.7 Å². The van der Waals surface area contributed by atoms with E-state index in [1.54, 1.807) is 36.3 Å². The number of hydrogen-bond donors (Lipinski definition) is 5. The molecule has 0 amide bonds. The SMILES string of the molecule is Cc1c(COc2cc(OCc3cncc(C#N)c3)c(CN(C)C[C@H](O)[C@H](O)[C@H](O)[C@H](O)CO)cc2Cl)cccc1-c1ccc2c(c1)OCCO2. The van der Waals surface area contributed by atoms with Gasteiger partial charge in [-0.1, -0.05) is 35.9 Å². The Bertz CT molecular complexity index is 1820. The summed E-state index contributed by atoms with van der Waals surface area (Å²) in [7, 11) is 1.69. The van der Waals surface area contributed by atoms with Gasteiger partial charge in [0.15, 0.2) is 11.5 Å². The first-order valence-corrected chi connectivity index (χ1v) is 16.4. The molecular formula is C37H40ClN3O9. The summed E-state index contributed by atoms with van der Waals surface area (Å²) >= 11 is 6.75. The van der Waals surface area contributed by atoms with E-state index in [1.807, 2.05) is 43.3 Å². The lowest BCUT2D eigenvalue weighted by Gasteiger charge is -2.29. The number of aliphatic hydroxyl groups is 5. The molecule has 1 aromatic heterocycles. The Hall–Kier alpha value is -4.45. The molecule has 0 saturated carbocycles. The van der Waals surface area contributed by atoms with Gasteiger partial charge in [0.2, 0.25) is 0 Å². The first-order chi connectivity index (χ1) is 24.1. The third kappa shape index (κ3) is 9.01. The Morgan fingerprint density at radius 1 is 0.900 bits per heavy atom. The summed E-state index contributed by atoms with van der Waals surface area (Å²) in [5.74, 6) is 2.22. The fourth-order valence-corrected chi connectivity index (χ4v) is 5.84. The van der Waals surface area contributed by atoms with Gasteiger partial charge >= 0.3 is 0 Å². The van der Waals surface area contributed by atoms with Crippen molar-refractivity contribution in [3.8, 4) is 40.2 Å². The Balaban J connectivity index is 1.35. The Morgan fingerprint density at radius 2 is 1.64 bits per heavy atom. The van der Waals surface area contributed by atoms with Crippen LogP contribution in [0.5, 0.6) is 23.0 Å². The van der Waals surface area contributed by atoms with Gasteiger partial charge in [-0.25, -0.2) is 0 Å². The molecule has 0 bridgehead atoms. The lowest BCUT2D eigenvalue weighted by Crippen LogP contribution is -2.49. The van der Waals surface area contributed by atoms with Gasteiger partial charge in [0.05, 0.1) is 23.3 Å². The lowest BCUT2D eigenvalue weighted by molar-refractivity contribution is -0.118. The number of aliphatic hydroxyl groups excluding tert-OH is 5. The standard InChI is InChI=1S/C37H40ClN3O9/c1-22-26(4-3-5-28(22)25-6-7-32-35(12-25)48-9-8-47-32)21-50-34-13-33(49-20-24-10-23(14-39)15-40-16-24)27(11-29(34)38)17-41(2)18-30(43)36(45)37(46)31(44)19-42/h3-7,10-13,15-16,30-31,36-37,42-46H,8-9,17-21H2,1-2H3/t30-,31+,36-,37+/m0/s1. The van der Waals surface area contributed by atoms with Crippen LogP contribution < -0.4 is 18.9 Å². The molecule has 50 heavy (non-hydrogen) atoms. The third-order valence-corrected chi connectivity index (χ3v) is 8.68. The predicted molar refractivity (Wildman–Crippen MR) is 184 cm³/mol. The lowest BCUT2D eigenvalue weighted by atomic mass is 9.96. The molecular weight excluding hydrogens is 666 g/mol. The normalized spacial score (nSPS) is 14.8. The molecule has 0 radical (unpaired) electrons. The number of aromatic nitrogens is 1. The van der Waals surface area contributed by atoms with Crippen LogP contribution in [0.15, 0.2) is 67.0 Å². The molecule has 12 nitrogen and oxygen atoms in total. The minimum absolute atomic E-state index is 0.0869. The van der Waals surface area contributed by atoms with Crippen LogP contribution in [0.3, 0.4) is 0 Å². The van der Waals surface area contributed by atoms with Crippen molar-refractivity contribution in [3.05, 3.63) is 99.8 Å². The molecule has 13 heteroatoms. The molecule has 4 atom stereocenters. The van der Waals surface area contributed by atoms with Crippen LogP contribution in [0.2, 0.25) is 5.02 Å². The van der Waals surface area contributed by atoms with Crippen LogP contribution in [0.25, 0.3) is 11.1 Å². The zero-order valence-corrected chi connectivity index (χ0v) is 28.5. The molecule has 5 rings (SSSR count). The fourth-order valence-electron chi connectivity index (χ4n) is 5.60. The van der Waals surface area contributed by atoms with E-state index in [4.69, 9.17) is 35.7 Å². The van der Waals surface area contributed by atoms with E-state index in [9.17, 15) is 25.7 Å². The van der Waals surface area contributed by atoms with Crippen LogP contribution in [-0.4, -0.2) is 93.2 Å². The van der Waals surface area contributed by atoms with Crippen molar-refractivity contribution >= 4 is 11.6 Å². The molecule has 4 aromatic rings. The molecule has 264 valence electrons. The minimum Gasteiger partial charge on any atom is -0.488 e. The largest absolute Gasteiger partial charge is 0.488 e. The van der Waals surface area contributed by atoms with E-state index in [-0.39, 0.29) is 26.3 Å². The van der Waals surface area contributed by atoms with Gasteiger partial charge in [-0.2, -0.15) is 5.26 Å². The number of fused-ring (bicyclic) bond motifs is 1. The second-order valence-electron chi connectivity index (χ2n) is 12.1. The van der Waals surface area contributed by atoms with Crippen LogP contribution in [-0.2, 0) is 19.8 Å². The van der Waals surface area contributed by atoms with Crippen molar-refractivity contribution in [2.75, 3.05) is 33.4 Å². The molecule has 3 aromatic carbocycles. The highest BCUT2D eigenvalue weighted by molar-refractivity contribution is 6.32. The van der Waals surface area contributed by atoms with Gasteiger partial charge in [0.1, 0.15) is 62.3 Å². The van der Waals surface area contributed by atoms with E-state index < -0.39 is 31.0 Å². The van der Waals surface area contributed by atoms with Crippen LogP contribution >= 0.6 is 11.6 Å². The number of hydrogen-bond acceptors (Lipinski definition) is 12. The first-order valence-electron chi connectivity index (χ1n) is 16.0. The smallest absolute Gasteiger partial charge is 0.161 e. The maximum Gasteiger partial charge on any atom is 0.161 e. The van der Waals surface area contributed by atoms with Crippen molar-refractivity contribution in [2.45, 2.75) is 51.1 Å². The molecule has 1 aliphatic heterocycles. The maximum atomic E-state index is 10.5. The van der Waals surface area contributed by atoms with E-state index in [0.29, 0.717) is 52.2 Å². The minimum atomic E-state index is -1.74. The van der Waals surface area contributed by atoms with Crippen molar-refractivity contribution in [1.82, 2.24) is 9.88 Å². The molecule has 0 spiro atoms. The molecule has 0 saturated heterocycles. The number of nitriles is 1. The number of pyridine rings is 1. The summed E-state index contributed by atoms with van der Waals surface area (Å²) in [6.07, 6.45) is -3.44. The Morgan fingerprint density at radius 3 is 2.40 bits per heavy atom. The van der Waals surface area contributed by atoms with Crippen molar-refractivity contribution in [3.63, 3.8) is 0 Å². The van der Waals surface area contributed by atoms with Gasteiger partial charge in [-0.05, 0) is 60.5 Å². The highest BCUT2D eigenvalue weighted by atomic mass is 35.5. The van der Waals surface area contributed by atoms with Crippen molar-refractivity contribution in [1.29, 1.82) is 5.26 Å². The zero-order chi connectivity index (χ0) is 35.8. The van der Waals surface area contributed by atoms with Gasteiger partial charge in [-0.15, -0.1) is 0 Å². The number of halogens is 1. The fraction of sp³-hybridized carbons (Fsp3) is 0.351. The summed E-state index contributed by atoms with van der Waals surface area (Å²) in [5, 5.41) is 59.2. The summed E-state index contributed by atoms with van der Waals surface area (Å²) in [6.45, 7) is 2.67. The average Bonchev–Trinajstić information content (AvgIpc) is 3.13. The van der Waals surface area contributed by atoms with Crippen molar-refractivity contribution in [2.24, 2.45) is 0 Å². The van der Waals surface area contributed by atoms with E-state index in [2.05, 4.69) is 11.1 Å². The predicted octanol–water partition coefficient (Wildman–Crippen LogP) is 3.38. The Kier molecular flexibility index (Phi) is 12.5. The van der Waals surface area contributed by atoms with Crippen LogP contribution in [0.4, 0.5) is 0 Å². The maximum absolute atomic E-state index is 10.5. The summed E-state index contributed by atoms with van der Waals surface area (Å²) in [5.41, 5.74) is 5.67. The van der Waals surface area contributed by atoms with Gasteiger partial charge in [-0.3, -0.25) is 9.88 Å². The highest BCUT2D eigenvalue weighted by Crippen LogP contribution is 2.38. The monoisotopic (exact) mass is 705 g/mol. The zero-order valence-electron chi connectivity index (χ0n) is 27.7. The number of likely N-dealkylation sites (N-methyl/N-ethyl adjacent to an activating group) is 1. The number of ether oxygens (including phenoxy) is 4. The van der Waals surface area contributed by atoms with E-state index >= 15 is 0 Å². The first kappa shape index (κ1) is 36.8. The van der Waals surface area contributed by atoms with Gasteiger partial charge < -0.3 is 44.5 Å². The topological polar surface area (TPSA) is 178 Å². The number of benzene rings is 3. The van der Waals surface area contributed by atoms with Crippen molar-refractivity contribution < 1.29 is 44.5 Å². The second kappa shape index (κ2) is 17.0. The van der Waals surface area contributed by atoms with Crippen LogP contribution in [0, 0.1) is 18.3 Å². The Labute approximate surface area is 295 Å². The molecule has 5 N–H and O–H groups in total. The van der Waals surface area contributed by atoms with E-state index in [1.165, 1.54) is 6.20 Å². The second-order valence-corrected chi connectivity index (χ2v) is 12.5.